The smallest absolute Gasteiger partial charge is 0.241 e. The number of hydrogen-bond donors (Lipinski definition) is 1. The van der Waals surface area contributed by atoms with Crippen LogP contribution in [0.25, 0.3) is 10.8 Å². The predicted molar refractivity (Wildman–Crippen MR) is 95.3 cm³/mol. The van der Waals surface area contributed by atoms with E-state index in [0.717, 1.165) is 5.39 Å². The summed E-state index contributed by atoms with van der Waals surface area (Å²) in [5.74, 6) is -0.392. The first kappa shape index (κ1) is 17.5. The fraction of sp³-hybridized carbons (Fsp3) is 0.158. The Hall–Kier alpha value is -2.28. The molecule has 0 heterocycles. The van der Waals surface area contributed by atoms with E-state index in [4.69, 9.17) is 4.74 Å². The minimum Gasteiger partial charge on any atom is -0.375 e. The van der Waals surface area contributed by atoms with Gasteiger partial charge in [0.15, 0.2) is 0 Å². The fourth-order valence-corrected chi connectivity index (χ4v) is 4.00. The fourth-order valence-electron chi connectivity index (χ4n) is 2.74. The number of sulfonamides is 1. The first-order valence-corrected chi connectivity index (χ1v) is 9.25. The molecule has 0 amide bonds. The van der Waals surface area contributed by atoms with E-state index in [1.54, 1.807) is 36.4 Å². The zero-order valence-corrected chi connectivity index (χ0v) is 14.5. The van der Waals surface area contributed by atoms with E-state index in [-0.39, 0.29) is 11.4 Å². The highest BCUT2D eigenvalue weighted by Gasteiger charge is 2.20. The number of halogens is 1. The van der Waals surface area contributed by atoms with Crippen molar-refractivity contribution in [1.82, 2.24) is 4.72 Å². The first-order valence-electron chi connectivity index (χ1n) is 7.77. The molecular weight excluding hydrogens is 341 g/mol. The van der Waals surface area contributed by atoms with E-state index in [1.165, 1.54) is 19.2 Å². The third kappa shape index (κ3) is 3.87. The monoisotopic (exact) mass is 359 g/mol. The lowest BCUT2D eigenvalue weighted by Gasteiger charge is -2.17. The van der Waals surface area contributed by atoms with E-state index in [1.807, 2.05) is 18.2 Å². The quantitative estimate of drug-likeness (QED) is 0.731. The Kier molecular flexibility index (Phi) is 5.13. The summed E-state index contributed by atoms with van der Waals surface area (Å²) in [6, 6.07) is 18.3. The lowest BCUT2D eigenvalue weighted by Crippen LogP contribution is -2.29. The van der Waals surface area contributed by atoms with Crippen molar-refractivity contribution in [2.75, 3.05) is 13.7 Å². The number of nitrogens with one attached hydrogen (secondary N) is 1. The second-order valence-corrected chi connectivity index (χ2v) is 7.34. The summed E-state index contributed by atoms with van der Waals surface area (Å²) < 4.78 is 46.7. The number of fused-ring (bicyclic) bond motifs is 1. The first-order chi connectivity index (χ1) is 12.0. The Morgan fingerprint density at radius 2 is 1.76 bits per heavy atom. The number of methoxy groups -OCH3 is 1. The number of hydrogen-bond acceptors (Lipinski definition) is 3. The highest BCUT2D eigenvalue weighted by molar-refractivity contribution is 7.89. The highest BCUT2D eigenvalue weighted by Crippen LogP contribution is 2.23. The molecule has 0 aliphatic carbocycles. The molecule has 0 spiro atoms. The molecule has 0 unspecified atom stereocenters. The van der Waals surface area contributed by atoms with Gasteiger partial charge in [-0.2, -0.15) is 0 Å². The van der Waals surface area contributed by atoms with Gasteiger partial charge < -0.3 is 4.74 Å². The number of benzene rings is 3. The molecule has 0 saturated heterocycles. The Balaban J connectivity index is 1.86. The standard InChI is InChI=1S/C19H18FNO3S/c1-24-18(15-8-4-9-16(20)12-15)13-21-25(22,23)19-11-5-7-14-6-2-3-10-17(14)19/h2-12,18,21H,13H2,1H3/t18-/m0/s1. The molecule has 1 atom stereocenters. The third-order valence-electron chi connectivity index (χ3n) is 4.00. The van der Waals surface area contributed by atoms with Crippen molar-refractivity contribution in [3.63, 3.8) is 0 Å². The average Bonchev–Trinajstić information content (AvgIpc) is 2.62. The largest absolute Gasteiger partial charge is 0.375 e. The van der Waals surface area contributed by atoms with Gasteiger partial charge in [-0.25, -0.2) is 17.5 Å². The Morgan fingerprint density at radius 1 is 1.04 bits per heavy atom. The molecule has 3 rings (SSSR count). The van der Waals surface area contributed by atoms with E-state index in [0.29, 0.717) is 10.9 Å². The average molecular weight is 359 g/mol. The molecule has 0 bridgehead atoms. The second-order valence-electron chi connectivity index (χ2n) is 5.61. The van der Waals surface area contributed by atoms with Crippen molar-refractivity contribution in [2.24, 2.45) is 0 Å². The Bertz CT molecular complexity index is 983. The normalized spacial score (nSPS) is 13.0. The van der Waals surface area contributed by atoms with Crippen molar-refractivity contribution in [1.29, 1.82) is 0 Å². The van der Waals surface area contributed by atoms with E-state index in [9.17, 15) is 12.8 Å². The molecule has 4 nitrogen and oxygen atoms in total. The molecule has 130 valence electrons. The van der Waals surface area contributed by atoms with Crippen LogP contribution < -0.4 is 4.72 Å². The zero-order valence-electron chi connectivity index (χ0n) is 13.6. The third-order valence-corrected chi connectivity index (χ3v) is 5.48. The zero-order chi connectivity index (χ0) is 17.9. The van der Waals surface area contributed by atoms with Crippen molar-refractivity contribution in [3.05, 3.63) is 78.1 Å². The maximum Gasteiger partial charge on any atom is 0.241 e. The minimum atomic E-state index is -3.73. The van der Waals surface area contributed by atoms with Gasteiger partial charge in [0.1, 0.15) is 5.82 Å². The Morgan fingerprint density at radius 3 is 2.52 bits per heavy atom. The summed E-state index contributed by atoms with van der Waals surface area (Å²) in [5, 5.41) is 1.50. The van der Waals surface area contributed by atoms with Crippen molar-refractivity contribution < 1.29 is 17.5 Å². The van der Waals surface area contributed by atoms with Crippen LogP contribution in [-0.4, -0.2) is 22.1 Å². The van der Waals surface area contributed by atoms with Crippen LogP contribution in [0.5, 0.6) is 0 Å². The minimum absolute atomic E-state index is 0.00546. The maximum atomic E-state index is 13.4. The van der Waals surface area contributed by atoms with Crippen LogP contribution in [0, 0.1) is 5.82 Å². The molecule has 0 aliphatic heterocycles. The highest BCUT2D eigenvalue weighted by atomic mass is 32.2. The molecule has 0 saturated carbocycles. The van der Waals surface area contributed by atoms with E-state index in [2.05, 4.69) is 4.72 Å². The molecule has 25 heavy (non-hydrogen) atoms. The SMILES string of the molecule is CO[C@@H](CNS(=O)(=O)c1cccc2ccccc12)c1cccc(F)c1. The molecule has 6 heteroatoms. The van der Waals surface area contributed by atoms with Gasteiger partial charge in [-0.3, -0.25) is 0 Å². The van der Waals surface area contributed by atoms with Gasteiger partial charge in [-0.05, 0) is 29.1 Å². The molecule has 0 aromatic heterocycles. The molecular formula is C19H18FNO3S. The number of rotatable bonds is 6. The van der Waals surface area contributed by atoms with Crippen LogP contribution in [0.1, 0.15) is 11.7 Å². The van der Waals surface area contributed by atoms with Crippen molar-refractivity contribution in [3.8, 4) is 0 Å². The lowest BCUT2D eigenvalue weighted by atomic mass is 10.1. The van der Waals surface area contributed by atoms with Crippen LogP contribution in [0.4, 0.5) is 4.39 Å². The van der Waals surface area contributed by atoms with Gasteiger partial charge in [-0.1, -0.05) is 48.5 Å². The van der Waals surface area contributed by atoms with Gasteiger partial charge in [0.2, 0.25) is 10.0 Å². The van der Waals surface area contributed by atoms with Gasteiger partial charge in [0.05, 0.1) is 11.0 Å². The molecule has 0 fully saturated rings. The molecule has 3 aromatic rings. The molecule has 0 aliphatic rings. The van der Waals surface area contributed by atoms with Gasteiger partial charge >= 0.3 is 0 Å². The summed E-state index contributed by atoms with van der Waals surface area (Å²) in [7, 11) is -2.27. The summed E-state index contributed by atoms with van der Waals surface area (Å²) in [6.45, 7) is 0.00546. The van der Waals surface area contributed by atoms with Crippen LogP contribution >= 0.6 is 0 Å². The van der Waals surface area contributed by atoms with E-state index >= 15 is 0 Å². The van der Waals surface area contributed by atoms with Crippen molar-refractivity contribution in [2.45, 2.75) is 11.0 Å². The van der Waals surface area contributed by atoms with E-state index < -0.39 is 21.9 Å². The van der Waals surface area contributed by atoms with Crippen LogP contribution in [-0.2, 0) is 14.8 Å². The summed E-state index contributed by atoms with van der Waals surface area (Å²) in [5.41, 5.74) is 0.572. The summed E-state index contributed by atoms with van der Waals surface area (Å²) in [6.07, 6.45) is -0.583. The van der Waals surface area contributed by atoms with Gasteiger partial charge in [-0.15, -0.1) is 0 Å². The lowest BCUT2D eigenvalue weighted by molar-refractivity contribution is 0.107. The second kappa shape index (κ2) is 7.31. The molecule has 1 N–H and O–H groups in total. The summed E-state index contributed by atoms with van der Waals surface area (Å²) in [4.78, 5) is 0.208. The molecule has 0 radical (unpaired) electrons. The molecule has 3 aromatic carbocycles. The summed E-state index contributed by atoms with van der Waals surface area (Å²) >= 11 is 0. The predicted octanol–water partition coefficient (Wildman–Crippen LogP) is 3.64. The Labute approximate surface area is 146 Å². The van der Waals surface area contributed by atoms with Crippen molar-refractivity contribution >= 4 is 20.8 Å². The van der Waals surface area contributed by atoms with Gasteiger partial charge in [0, 0.05) is 19.0 Å². The van der Waals surface area contributed by atoms with Gasteiger partial charge in [0.25, 0.3) is 0 Å². The van der Waals surface area contributed by atoms with Crippen LogP contribution in [0.2, 0.25) is 0 Å². The van der Waals surface area contributed by atoms with Crippen LogP contribution in [0.15, 0.2) is 71.6 Å². The maximum absolute atomic E-state index is 13.4. The van der Waals surface area contributed by atoms with Crippen LogP contribution in [0.3, 0.4) is 0 Å². The topological polar surface area (TPSA) is 55.4 Å². The number of ether oxygens (including phenoxy) is 1.